The number of carboxylic acids is 1. The smallest absolute Gasteiger partial charge is 0.303 e. The van der Waals surface area contributed by atoms with E-state index in [1.807, 2.05) is 0 Å². The van der Waals surface area contributed by atoms with Crippen molar-refractivity contribution >= 4 is 18.0 Å². The van der Waals surface area contributed by atoms with E-state index in [2.05, 4.69) is 13.8 Å². The number of rotatable bonds is 4. The standard InChI is InChI=1S/C19H28O4/c1-18-9-7-15-13(14(18)5-6-16(18)21)4-3-12(8-10-20)19(15,2)11-17(22)23/h10,12-15H,3-9,11H2,1-2H3,(H,22,23)/t12-,13-,14-,15-,18-,19-/m0/s1. The first-order valence-corrected chi connectivity index (χ1v) is 9.01. The Morgan fingerprint density at radius 3 is 2.61 bits per heavy atom. The van der Waals surface area contributed by atoms with Crippen molar-refractivity contribution in [1.82, 2.24) is 0 Å². The molecule has 3 fully saturated rings. The van der Waals surface area contributed by atoms with Gasteiger partial charge < -0.3 is 9.90 Å². The summed E-state index contributed by atoms with van der Waals surface area (Å²) in [7, 11) is 0. The van der Waals surface area contributed by atoms with Gasteiger partial charge in [0.25, 0.3) is 0 Å². The Bertz CT molecular complexity index is 527. The van der Waals surface area contributed by atoms with Crippen LogP contribution in [0.1, 0.15) is 65.2 Å². The third-order valence-corrected chi connectivity index (χ3v) is 7.69. The molecule has 4 heteroatoms. The number of Topliss-reactive ketones (excluding diaryl/α,β-unsaturated/α-hetero) is 1. The van der Waals surface area contributed by atoms with Crippen LogP contribution in [0, 0.1) is 34.5 Å². The highest BCUT2D eigenvalue weighted by Gasteiger charge is 2.59. The zero-order valence-electron chi connectivity index (χ0n) is 14.2. The van der Waals surface area contributed by atoms with Crippen molar-refractivity contribution in [2.24, 2.45) is 34.5 Å². The molecule has 0 aromatic carbocycles. The number of aldehydes is 1. The molecule has 0 bridgehead atoms. The third-order valence-electron chi connectivity index (χ3n) is 7.69. The summed E-state index contributed by atoms with van der Waals surface area (Å²) in [4.78, 5) is 35.0. The van der Waals surface area contributed by atoms with Crippen molar-refractivity contribution in [1.29, 1.82) is 0 Å². The lowest BCUT2D eigenvalue weighted by atomic mass is 9.47. The van der Waals surface area contributed by atoms with Crippen molar-refractivity contribution < 1.29 is 19.5 Å². The van der Waals surface area contributed by atoms with Gasteiger partial charge in [0, 0.05) is 18.3 Å². The third kappa shape index (κ3) is 2.45. The number of hydrogen-bond acceptors (Lipinski definition) is 3. The van der Waals surface area contributed by atoms with E-state index in [0.29, 0.717) is 36.4 Å². The fourth-order valence-corrected chi connectivity index (χ4v) is 6.41. The van der Waals surface area contributed by atoms with Crippen LogP contribution >= 0.6 is 0 Å². The summed E-state index contributed by atoms with van der Waals surface area (Å²) in [5.74, 6) is 1.02. The molecular formula is C19H28O4. The first kappa shape index (κ1) is 16.7. The largest absolute Gasteiger partial charge is 0.481 e. The minimum absolute atomic E-state index is 0.143. The topological polar surface area (TPSA) is 71.4 Å². The van der Waals surface area contributed by atoms with Gasteiger partial charge in [-0.1, -0.05) is 13.8 Å². The molecule has 0 amide bonds. The lowest BCUT2D eigenvalue weighted by molar-refractivity contribution is -0.152. The molecule has 6 atom stereocenters. The number of hydrogen-bond donors (Lipinski definition) is 1. The average Bonchev–Trinajstić information content (AvgIpc) is 2.77. The molecule has 3 aliphatic rings. The van der Waals surface area contributed by atoms with E-state index in [1.165, 1.54) is 0 Å². The van der Waals surface area contributed by atoms with E-state index in [-0.39, 0.29) is 23.2 Å². The molecule has 0 spiro atoms. The van der Waals surface area contributed by atoms with E-state index in [4.69, 9.17) is 0 Å². The molecule has 4 nitrogen and oxygen atoms in total. The number of carboxylic acid groups (broad SMARTS) is 1. The summed E-state index contributed by atoms with van der Waals surface area (Å²) in [6, 6.07) is 0. The predicted molar refractivity (Wildman–Crippen MR) is 85.8 cm³/mol. The summed E-state index contributed by atoms with van der Waals surface area (Å²) < 4.78 is 0. The summed E-state index contributed by atoms with van der Waals surface area (Å²) in [6.45, 7) is 4.22. The van der Waals surface area contributed by atoms with Gasteiger partial charge in [0.1, 0.15) is 12.1 Å². The highest BCUT2D eigenvalue weighted by atomic mass is 16.4. The van der Waals surface area contributed by atoms with Crippen LogP contribution in [-0.2, 0) is 14.4 Å². The fraction of sp³-hybridized carbons (Fsp3) is 0.842. The fourth-order valence-electron chi connectivity index (χ4n) is 6.41. The monoisotopic (exact) mass is 320 g/mol. The number of ketones is 1. The molecule has 3 aliphatic carbocycles. The number of carbonyl (C=O) groups excluding carboxylic acids is 2. The lowest BCUT2D eigenvalue weighted by Crippen LogP contribution is -2.52. The second-order valence-electron chi connectivity index (χ2n) is 8.55. The minimum atomic E-state index is -0.764. The van der Waals surface area contributed by atoms with E-state index in [9.17, 15) is 19.5 Å². The second-order valence-corrected chi connectivity index (χ2v) is 8.55. The first-order chi connectivity index (χ1) is 10.8. The molecule has 3 rings (SSSR count). The Kier molecular flexibility index (Phi) is 4.14. The summed E-state index contributed by atoms with van der Waals surface area (Å²) >= 11 is 0. The molecule has 1 N–H and O–H groups in total. The summed E-state index contributed by atoms with van der Waals surface area (Å²) in [5, 5.41) is 9.44. The Balaban J connectivity index is 1.92. The maximum atomic E-state index is 12.4. The van der Waals surface area contributed by atoms with Crippen molar-refractivity contribution in [3.63, 3.8) is 0 Å². The zero-order chi connectivity index (χ0) is 16.8. The second kappa shape index (κ2) is 5.71. The van der Waals surface area contributed by atoms with Gasteiger partial charge in [0.15, 0.2) is 0 Å². The van der Waals surface area contributed by atoms with Crippen LogP contribution in [-0.4, -0.2) is 23.1 Å². The van der Waals surface area contributed by atoms with Crippen molar-refractivity contribution in [2.45, 2.75) is 65.2 Å². The van der Waals surface area contributed by atoms with E-state index >= 15 is 0 Å². The van der Waals surface area contributed by atoms with E-state index in [0.717, 1.165) is 38.4 Å². The summed E-state index contributed by atoms with van der Waals surface area (Å²) in [5.41, 5.74) is -0.495. The zero-order valence-corrected chi connectivity index (χ0v) is 14.2. The van der Waals surface area contributed by atoms with Gasteiger partial charge in [-0.15, -0.1) is 0 Å². The minimum Gasteiger partial charge on any atom is -0.481 e. The number of aliphatic carboxylic acids is 1. The van der Waals surface area contributed by atoms with Crippen molar-refractivity contribution in [2.75, 3.05) is 0 Å². The Hall–Kier alpha value is -1.19. The highest BCUT2D eigenvalue weighted by Crippen LogP contribution is 2.63. The van der Waals surface area contributed by atoms with Gasteiger partial charge in [-0.25, -0.2) is 0 Å². The van der Waals surface area contributed by atoms with Gasteiger partial charge in [-0.05, 0) is 61.2 Å². The van der Waals surface area contributed by atoms with Gasteiger partial charge in [-0.2, -0.15) is 0 Å². The maximum Gasteiger partial charge on any atom is 0.303 e. The van der Waals surface area contributed by atoms with Crippen LogP contribution in [0.2, 0.25) is 0 Å². The molecule has 23 heavy (non-hydrogen) atoms. The van der Waals surface area contributed by atoms with Crippen LogP contribution < -0.4 is 0 Å². The molecule has 0 aromatic heterocycles. The van der Waals surface area contributed by atoms with Gasteiger partial charge in [0.2, 0.25) is 0 Å². The van der Waals surface area contributed by atoms with E-state index in [1.54, 1.807) is 0 Å². The molecular weight excluding hydrogens is 292 g/mol. The van der Waals surface area contributed by atoms with Crippen LogP contribution in [0.5, 0.6) is 0 Å². The lowest BCUT2D eigenvalue weighted by Gasteiger charge is -2.57. The first-order valence-electron chi connectivity index (χ1n) is 9.01. The average molecular weight is 320 g/mol. The molecule has 0 heterocycles. The Morgan fingerprint density at radius 1 is 1.22 bits per heavy atom. The van der Waals surface area contributed by atoms with Crippen molar-refractivity contribution in [3.8, 4) is 0 Å². The van der Waals surface area contributed by atoms with Gasteiger partial charge in [0.05, 0.1) is 6.42 Å². The number of fused-ring (bicyclic) bond motifs is 3. The molecule has 3 saturated carbocycles. The predicted octanol–water partition coefficient (Wildman–Crippen LogP) is 3.48. The van der Waals surface area contributed by atoms with Crippen LogP contribution in [0.3, 0.4) is 0 Å². The molecule has 0 saturated heterocycles. The van der Waals surface area contributed by atoms with Crippen LogP contribution in [0.15, 0.2) is 0 Å². The maximum absolute atomic E-state index is 12.4. The molecule has 0 unspecified atom stereocenters. The normalized spacial score (nSPS) is 46.1. The van der Waals surface area contributed by atoms with Gasteiger partial charge in [-0.3, -0.25) is 9.59 Å². The van der Waals surface area contributed by atoms with Crippen molar-refractivity contribution in [3.05, 3.63) is 0 Å². The van der Waals surface area contributed by atoms with Gasteiger partial charge >= 0.3 is 5.97 Å². The Morgan fingerprint density at radius 2 is 1.96 bits per heavy atom. The SMILES string of the molecule is C[C@]1(CC(=O)O)[C@H](CC=O)CC[C@@H]2[C@@H]1CC[C@]1(C)C(=O)CC[C@@H]21. The number of carbonyl (C=O) groups is 3. The van der Waals surface area contributed by atoms with E-state index < -0.39 is 5.97 Å². The Labute approximate surface area is 138 Å². The van der Waals surface area contributed by atoms with Crippen LogP contribution in [0.4, 0.5) is 0 Å². The van der Waals surface area contributed by atoms with Crippen LogP contribution in [0.25, 0.3) is 0 Å². The summed E-state index contributed by atoms with van der Waals surface area (Å²) in [6.07, 6.45) is 7.02. The highest BCUT2D eigenvalue weighted by molar-refractivity contribution is 5.87. The molecule has 0 aliphatic heterocycles. The molecule has 0 aromatic rings. The molecule has 0 radical (unpaired) electrons. The quantitative estimate of drug-likeness (QED) is 0.805. The molecule has 128 valence electrons.